The molecule has 0 aliphatic rings. The van der Waals surface area contributed by atoms with Gasteiger partial charge >= 0.3 is 0 Å². The molecule has 3 N–H and O–H groups in total. The molecule has 0 aliphatic carbocycles. The smallest absolute Gasteiger partial charge is 0.110 e. The van der Waals surface area contributed by atoms with Crippen LogP contribution in [0.3, 0.4) is 0 Å². The molecule has 1 heterocycles. The van der Waals surface area contributed by atoms with E-state index in [9.17, 15) is 0 Å². The topological polar surface area (TPSA) is 55.9 Å². The van der Waals surface area contributed by atoms with Crippen LogP contribution in [0.2, 0.25) is 0 Å². The first-order chi connectivity index (χ1) is 9.43. The number of hydrogen-bond donors (Lipinski definition) is 2. The fourth-order valence-electron chi connectivity index (χ4n) is 2.52. The Morgan fingerprint density at radius 2 is 2.00 bits per heavy atom. The van der Waals surface area contributed by atoms with Crippen molar-refractivity contribution in [1.82, 2.24) is 15.0 Å². The number of nitrogens with zero attached hydrogens (tertiary/aromatic N) is 2. The minimum atomic E-state index is 0.0616. The Hall–Kier alpha value is -1.65. The predicted octanol–water partition coefficient (Wildman–Crippen LogP) is 2.46. The summed E-state index contributed by atoms with van der Waals surface area (Å²) in [5.74, 6) is 6.82. The summed E-state index contributed by atoms with van der Waals surface area (Å²) in [5, 5.41) is 0. The lowest BCUT2D eigenvalue weighted by atomic mass is 9.81. The van der Waals surface area contributed by atoms with Gasteiger partial charge in [0.25, 0.3) is 0 Å². The molecular formula is C16H24N4. The standard InChI is InChI=1S/C16H24N4/c1-16(2,3)13-8-6-5-7-12(13)14(19-17)11-15-18-9-10-20(15)4/h5-10,14,19H,11,17H2,1-4H3. The average Bonchev–Trinajstić information content (AvgIpc) is 2.80. The lowest BCUT2D eigenvalue weighted by molar-refractivity contribution is 0.505. The first-order valence-electron chi connectivity index (χ1n) is 6.95. The van der Waals surface area contributed by atoms with Crippen LogP contribution in [0.15, 0.2) is 36.7 Å². The maximum atomic E-state index is 5.80. The van der Waals surface area contributed by atoms with Gasteiger partial charge in [-0.2, -0.15) is 0 Å². The number of hydrogen-bond acceptors (Lipinski definition) is 3. The van der Waals surface area contributed by atoms with Crippen molar-refractivity contribution >= 4 is 0 Å². The Bertz CT molecular complexity index is 566. The summed E-state index contributed by atoms with van der Waals surface area (Å²) in [6, 6.07) is 8.53. The van der Waals surface area contributed by atoms with Crippen LogP contribution in [-0.4, -0.2) is 9.55 Å². The van der Waals surface area contributed by atoms with E-state index in [2.05, 4.69) is 55.4 Å². The maximum Gasteiger partial charge on any atom is 0.110 e. The zero-order chi connectivity index (χ0) is 14.8. The third-order valence-electron chi connectivity index (χ3n) is 3.65. The number of nitrogens with two attached hydrogens (primary N) is 1. The molecular weight excluding hydrogens is 248 g/mol. The van der Waals surface area contributed by atoms with Crippen LogP contribution < -0.4 is 11.3 Å². The van der Waals surface area contributed by atoms with E-state index in [0.29, 0.717) is 0 Å². The summed E-state index contributed by atoms with van der Waals surface area (Å²) < 4.78 is 2.03. The molecule has 0 aliphatic heterocycles. The average molecular weight is 272 g/mol. The van der Waals surface area contributed by atoms with Crippen molar-refractivity contribution in [3.05, 3.63) is 53.6 Å². The molecule has 0 spiro atoms. The Morgan fingerprint density at radius 1 is 1.30 bits per heavy atom. The van der Waals surface area contributed by atoms with Crippen molar-refractivity contribution in [2.45, 2.75) is 38.6 Å². The number of nitrogens with one attached hydrogen (secondary N) is 1. The zero-order valence-corrected chi connectivity index (χ0v) is 12.7. The molecule has 1 atom stereocenters. The van der Waals surface area contributed by atoms with Crippen molar-refractivity contribution in [1.29, 1.82) is 0 Å². The Morgan fingerprint density at radius 3 is 2.55 bits per heavy atom. The van der Waals surface area contributed by atoms with Gasteiger partial charge in [-0.3, -0.25) is 11.3 Å². The molecule has 0 fully saturated rings. The molecule has 20 heavy (non-hydrogen) atoms. The van der Waals surface area contributed by atoms with Gasteiger partial charge in [-0.15, -0.1) is 0 Å². The summed E-state index contributed by atoms with van der Waals surface area (Å²) in [5.41, 5.74) is 5.59. The molecule has 1 aromatic carbocycles. The summed E-state index contributed by atoms with van der Waals surface area (Å²) in [4.78, 5) is 4.39. The van der Waals surface area contributed by atoms with Gasteiger partial charge in [0, 0.05) is 25.9 Å². The van der Waals surface area contributed by atoms with E-state index >= 15 is 0 Å². The number of rotatable bonds is 4. The first-order valence-corrected chi connectivity index (χ1v) is 6.95. The third kappa shape index (κ3) is 3.08. The molecule has 2 aromatic rings. The highest BCUT2D eigenvalue weighted by Gasteiger charge is 2.22. The molecule has 108 valence electrons. The molecule has 4 nitrogen and oxygen atoms in total. The number of aromatic nitrogens is 2. The second kappa shape index (κ2) is 5.77. The SMILES string of the molecule is Cn1ccnc1CC(NN)c1ccccc1C(C)(C)C. The number of imidazole rings is 1. The lowest BCUT2D eigenvalue weighted by Gasteiger charge is -2.27. The second-order valence-electron chi connectivity index (χ2n) is 6.22. The molecule has 0 bridgehead atoms. The molecule has 1 unspecified atom stereocenters. The molecule has 4 heteroatoms. The van der Waals surface area contributed by atoms with Crippen molar-refractivity contribution < 1.29 is 0 Å². The monoisotopic (exact) mass is 272 g/mol. The van der Waals surface area contributed by atoms with Crippen LogP contribution in [-0.2, 0) is 18.9 Å². The van der Waals surface area contributed by atoms with Crippen LogP contribution in [0.5, 0.6) is 0 Å². The normalized spacial score (nSPS) is 13.4. The molecule has 0 radical (unpaired) electrons. The highest BCUT2D eigenvalue weighted by molar-refractivity contribution is 5.35. The van der Waals surface area contributed by atoms with E-state index in [1.807, 2.05) is 24.0 Å². The van der Waals surface area contributed by atoms with Gasteiger partial charge in [-0.05, 0) is 16.5 Å². The number of aryl methyl sites for hydroxylation is 1. The summed E-state index contributed by atoms with van der Waals surface area (Å²) in [7, 11) is 2.01. The van der Waals surface area contributed by atoms with Gasteiger partial charge < -0.3 is 4.57 Å². The minimum Gasteiger partial charge on any atom is -0.338 e. The van der Waals surface area contributed by atoms with Gasteiger partial charge in [0.15, 0.2) is 0 Å². The van der Waals surface area contributed by atoms with Crippen LogP contribution in [0.25, 0.3) is 0 Å². The van der Waals surface area contributed by atoms with E-state index in [1.165, 1.54) is 11.1 Å². The highest BCUT2D eigenvalue weighted by Crippen LogP contribution is 2.30. The first kappa shape index (κ1) is 14.8. The quantitative estimate of drug-likeness (QED) is 0.664. The predicted molar refractivity (Wildman–Crippen MR) is 82.1 cm³/mol. The maximum absolute atomic E-state index is 5.80. The Balaban J connectivity index is 2.35. The Labute approximate surface area is 121 Å². The van der Waals surface area contributed by atoms with Crippen molar-refractivity contribution in [2.24, 2.45) is 12.9 Å². The third-order valence-corrected chi connectivity index (χ3v) is 3.65. The van der Waals surface area contributed by atoms with Crippen LogP contribution in [0.4, 0.5) is 0 Å². The molecule has 1 aromatic heterocycles. The summed E-state index contributed by atoms with van der Waals surface area (Å²) in [6.07, 6.45) is 4.55. The largest absolute Gasteiger partial charge is 0.338 e. The van der Waals surface area contributed by atoms with Gasteiger partial charge in [0.1, 0.15) is 5.82 Å². The number of hydrazine groups is 1. The molecule has 2 rings (SSSR count). The van der Waals surface area contributed by atoms with Crippen LogP contribution in [0.1, 0.15) is 43.8 Å². The van der Waals surface area contributed by atoms with E-state index in [1.54, 1.807) is 0 Å². The van der Waals surface area contributed by atoms with Crippen LogP contribution in [0, 0.1) is 0 Å². The molecule has 0 amide bonds. The summed E-state index contributed by atoms with van der Waals surface area (Å²) >= 11 is 0. The zero-order valence-electron chi connectivity index (χ0n) is 12.7. The van der Waals surface area contributed by atoms with Gasteiger partial charge in [0.2, 0.25) is 0 Å². The van der Waals surface area contributed by atoms with Crippen molar-refractivity contribution in [3.8, 4) is 0 Å². The Kier molecular flexibility index (Phi) is 4.26. The van der Waals surface area contributed by atoms with Crippen molar-refractivity contribution in [2.75, 3.05) is 0 Å². The molecule has 0 saturated heterocycles. The van der Waals surface area contributed by atoms with Crippen LogP contribution >= 0.6 is 0 Å². The van der Waals surface area contributed by atoms with Gasteiger partial charge in [-0.1, -0.05) is 45.0 Å². The number of benzene rings is 1. The molecule has 0 saturated carbocycles. The fourth-order valence-corrected chi connectivity index (χ4v) is 2.52. The minimum absolute atomic E-state index is 0.0616. The highest BCUT2D eigenvalue weighted by atomic mass is 15.2. The van der Waals surface area contributed by atoms with Gasteiger partial charge in [-0.25, -0.2) is 4.98 Å². The lowest BCUT2D eigenvalue weighted by Crippen LogP contribution is -2.32. The fraction of sp³-hybridized carbons (Fsp3) is 0.438. The van der Waals surface area contributed by atoms with Gasteiger partial charge in [0.05, 0.1) is 6.04 Å². The van der Waals surface area contributed by atoms with E-state index in [4.69, 9.17) is 5.84 Å². The van der Waals surface area contributed by atoms with E-state index in [-0.39, 0.29) is 11.5 Å². The van der Waals surface area contributed by atoms with Crippen molar-refractivity contribution in [3.63, 3.8) is 0 Å². The summed E-state index contributed by atoms with van der Waals surface area (Å²) in [6.45, 7) is 6.67. The second-order valence-corrected chi connectivity index (χ2v) is 6.22. The van der Waals surface area contributed by atoms with E-state index < -0.39 is 0 Å². The van der Waals surface area contributed by atoms with E-state index in [0.717, 1.165) is 12.2 Å².